The molecular weight excluding hydrogens is 461 g/mol. The smallest absolute Gasteiger partial charge is 0.325 e. The second kappa shape index (κ2) is 7.62. The van der Waals surface area contributed by atoms with E-state index in [1.54, 1.807) is 26.3 Å². The topological polar surface area (TPSA) is 104 Å². The van der Waals surface area contributed by atoms with E-state index in [4.69, 9.17) is 4.98 Å². The Bertz CT molecular complexity index is 1410. The summed E-state index contributed by atoms with van der Waals surface area (Å²) >= 11 is 0. The van der Waals surface area contributed by atoms with Crippen molar-refractivity contribution in [1.82, 2.24) is 44.3 Å². The molecule has 2 aliphatic rings. The van der Waals surface area contributed by atoms with Crippen LogP contribution < -0.4 is 5.32 Å². The molecule has 1 N–H and O–H groups in total. The minimum atomic E-state index is -4.37. The monoisotopic (exact) mass is 484 g/mol. The van der Waals surface area contributed by atoms with Crippen LogP contribution in [-0.2, 0) is 25.6 Å². The van der Waals surface area contributed by atoms with E-state index < -0.39 is 11.6 Å². The zero-order chi connectivity index (χ0) is 24.4. The van der Waals surface area contributed by atoms with Gasteiger partial charge in [-0.2, -0.15) is 23.4 Å². The number of aryl methyl sites for hydroxylation is 3. The highest BCUT2D eigenvalue weighted by Crippen LogP contribution is 2.54. The van der Waals surface area contributed by atoms with Gasteiger partial charge < -0.3 is 9.88 Å². The fourth-order valence-corrected chi connectivity index (χ4v) is 4.82. The van der Waals surface area contributed by atoms with Crippen molar-refractivity contribution in [3.05, 3.63) is 35.9 Å². The van der Waals surface area contributed by atoms with Crippen molar-refractivity contribution in [1.29, 1.82) is 0 Å². The molecule has 10 nitrogen and oxygen atoms in total. The van der Waals surface area contributed by atoms with Crippen molar-refractivity contribution in [3.8, 4) is 23.0 Å². The molecule has 0 atom stereocenters. The maximum Gasteiger partial charge on any atom is 0.401 e. The maximum atomic E-state index is 14.0. The van der Waals surface area contributed by atoms with Gasteiger partial charge in [-0.1, -0.05) is 6.42 Å². The number of halogens is 3. The fraction of sp³-hybridized carbons (Fsp3) is 0.455. The largest absolute Gasteiger partial charge is 0.401 e. The Morgan fingerprint density at radius 2 is 1.91 bits per heavy atom. The first-order chi connectivity index (χ1) is 16.8. The normalized spacial score (nSPS) is 16.8. The van der Waals surface area contributed by atoms with E-state index in [1.807, 2.05) is 26.1 Å². The van der Waals surface area contributed by atoms with Gasteiger partial charge in [-0.25, -0.2) is 14.6 Å². The maximum absolute atomic E-state index is 14.0. The SMILES string of the molecule is Cc1cnc(Nc2ccnn2C)cc1-c1nc2n(n1)CCCn1c-2nnc1C1(C(F)(F)F)CCC1. The van der Waals surface area contributed by atoms with Crippen molar-refractivity contribution < 1.29 is 13.2 Å². The quantitative estimate of drug-likeness (QED) is 0.470. The summed E-state index contributed by atoms with van der Waals surface area (Å²) in [6.07, 6.45) is 0.242. The average molecular weight is 484 g/mol. The van der Waals surface area contributed by atoms with E-state index >= 15 is 0 Å². The van der Waals surface area contributed by atoms with Crippen LogP contribution in [0.3, 0.4) is 0 Å². The Labute approximate surface area is 198 Å². The predicted molar refractivity (Wildman–Crippen MR) is 120 cm³/mol. The highest BCUT2D eigenvalue weighted by Gasteiger charge is 2.62. The summed E-state index contributed by atoms with van der Waals surface area (Å²) in [6, 6.07) is 3.68. The van der Waals surface area contributed by atoms with Crippen LogP contribution in [0.4, 0.5) is 24.8 Å². The average Bonchev–Trinajstić information content (AvgIpc) is 3.45. The summed E-state index contributed by atoms with van der Waals surface area (Å²) in [7, 11) is 1.82. The fourth-order valence-electron chi connectivity index (χ4n) is 4.82. The zero-order valence-electron chi connectivity index (χ0n) is 19.2. The number of aromatic nitrogens is 9. The van der Waals surface area contributed by atoms with Gasteiger partial charge in [0.15, 0.2) is 11.6 Å². The number of pyridine rings is 1. The van der Waals surface area contributed by atoms with E-state index in [2.05, 4.69) is 30.7 Å². The molecule has 0 aromatic carbocycles. The van der Waals surface area contributed by atoms with Gasteiger partial charge in [0, 0.05) is 38.0 Å². The molecule has 35 heavy (non-hydrogen) atoms. The first-order valence-corrected chi connectivity index (χ1v) is 11.4. The second-order valence-electron chi connectivity index (χ2n) is 9.12. The summed E-state index contributed by atoms with van der Waals surface area (Å²) in [5, 5.41) is 20.3. The zero-order valence-corrected chi connectivity index (χ0v) is 19.2. The molecule has 6 rings (SSSR count). The lowest BCUT2D eigenvalue weighted by Crippen LogP contribution is -2.49. The summed E-state index contributed by atoms with van der Waals surface area (Å²) in [4.78, 5) is 9.15. The van der Waals surface area contributed by atoms with Gasteiger partial charge in [-0.3, -0.25) is 4.68 Å². The predicted octanol–water partition coefficient (Wildman–Crippen LogP) is 3.77. The van der Waals surface area contributed by atoms with Crippen LogP contribution in [0.2, 0.25) is 0 Å². The minimum absolute atomic E-state index is 0.00740. The van der Waals surface area contributed by atoms with Crippen LogP contribution in [0.1, 0.15) is 37.1 Å². The standard InChI is InChI=1S/C22H23F3N10/c1-13-12-26-15(28-16-5-8-27-33(16)2)11-14(13)17-29-18-19-30-31-20(21(6-3-7-21)22(23,24)25)34(19)9-4-10-35(18)32-17/h5,8,11-12H,3-4,6-7,9-10H2,1-2H3,(H,26,28). The van der Waals surface area contributed by atoms with Crippen LogP contribution in [0, 0.1) is 6.92 Å². The Kier molecular flexibility index (Phi) is 4.73. The van der Waals surface area contributed by atoms with E-state index in [-0.39, 0.29) is 18.7 Å². The van der Waals surface area contributed by atoms with Gasteiger partial charge in [-0.15, -0.1) is 10.2 Å². The van der Waals surface area contributed by atoms with Crippen LogP contribution >= 0.6 is 0 Å². The Hall–Kier alpha value is -3.77. The van der Waals surface area contributed by atoms with Crippen molar-refractivity contribution in [3.63, 3.8) is 0 Å². The number of nitrogens with one attached hydrogen (secondary N) is 1. The van der Waals surface area contributed by atoms with Crippen molar-refractivity contribution in [2.75, 3.05) is 5.32 Å². The molecule has 182 valence electrons. The molecule has 0 bridgehead atoms. The number of nitrogens with zero attached hydrogens (tertiary/aromatic N) is 9. The summed E-state index contributed by atoms with van der Waals surface area (Å²) in [5.74, 6) is 2.57. The number of fused-ring (bicyclic) bond motifs is 3. The summed E-state index contributed by atoms with van der Waals surface area (Å²) < 4.78 is 47.1. The summed E-state index contributed by atoms with van der Waals surface area (Å²) in [6.45, 7) is 2.82. The van der Waals surface area contributed by atoms with Gasteiger partial charge in [0.1, 0.15) is 22.9 Å². The molecule has 1 aliphatic carbocycles. The van der Waals surface area contributed by atoms with Crippen LogP contribution in [0.5, 0.6) is 0 Å². The molecule has 0 saturated heterocycles. The Balaban J connectivity index is 1.40. The molecule has 0 amide bonds. The lowest BCUT2D eigenvalue weighted by molar-refractivity contribution is -0.216. The molecule has 5 heterocycles. The molecule has 0 radical (unpaired) electrons. The molecule has 1 fully saturated rings. The van der Waals surface area contributed by atoms with Gasteiger partial charge in [-0.05, 0) is 37.8 Å². The van der Waals surface area contributed by atoms with Crippen molar-refractivity contribution >= 4 is 11.6 Å². The van der Waals surface area contributed by atoms with E-state index in [0.717, 1.165) is 16.9 Å². The van der Waals surface area contributed by atoms with Gasteiger partial charge in [0.2, 0.25) is 5.82 Å². The van der Waals surface area contributed by atoms with E-state index in [0.29, 0.717) is 49.2 Å². The second-order valence-corrected chi connectivity index (χ2v) is 9.12. The number of rotatable bonds is 4. The molecule has 0 unspecified atom stereocenters. The number of hydrogen-bond donors (Lipinski definition) is 1. The van der Waals surface area contributed by atoms with Crippen molar-refractivity contribution in [2.45, 2.75) is 57.3 Å². The number of alkyl halides is 3. The summed E-state index contributed by atoms with van der Waals surface area (Å²) in [5.41, 5.74) is -0.291. The van der Waals surface area contributed by atoms with Gasteiger partial charge >= 0.3 is 6.18 Å². The van der Waals surface area contributed by atoms with Crippen LogP contribution in [0.15, 0.2) is 24.5 Å². The van der Waals surface area contributed by atoms with E-state index in [1.165, 1.54) is 0 Å². The van der Waals surface area contributed by atoms with Crippen LogP contribution in [0.25, 0.3) is 23.0 Å². The van der Waals surface area contributed by atoms with Crippen molar-refractivity contribution in [2.24, 2.45) is 7.05 Å². The van der Waals surface area contributed by atoms with Crippen LogP contribution in [-0.4, -0.2) is 50.5 Å². The van der Waals surface area contributed by atoms with E-state index in [9.17, 15) is 13.2 Å². The first-order valence-electron chi connectivity index (χ1n) is 11.4. The number of hydrogen-bond acceptors (Lipinski definition) is 7. The molecule has 1 saturated carbocycles. The first kappa shape index (κ1) is 21.7. The molecule has 4 aromatic heterocycles. The molecule has 1 aliphatic heterocycles. The lowest BCUT2D eigenvalue weighted by Gasteiger charge is -2.42. The molecule has 0 spiro atoms. The minimum Gasteiger partial charge on any atom is -0.325 e. The third kappa shape index (κ3) is 3.32. The third-order valence-electron chi connectivity index (χ3n) is 6.97. The Morgan fingerprint density at radius 1 is 1.09 bits per heavy atom. The van der Waals surface area contributed by atoms with Gasteiger partial charge in [0.25, 0.3) is 0 Å². The lowest BCUT2D eigenvalue weighted by atomic mass is 9.67. The molecular formula is C22H23F3N10. The van der Waals surface area contributed by atoms with Gasteiger partial charge in [0.05, 0.1) is 6.20 Å². The highest BCUT2D eigenvalue weighted by atomic mass is 19.4. The molecule has 13 heteroatoms. The number of anilines is 2. The highest BCUT2D eigenvalue weighted by molar-refractivity contribution is 5.67. The third-order valence-corrected chi connectivity index (χ3v) is 6.97. The molecule has 4 aromatic rings. The Morgan fingerprint density at radius 3 is 2.60 bits per heavy atom.